The summed E-state index contributed by atoms with van der Waals surface area (Å²) < 4.78 is 41.7. The fourth-order valence-corrected chi connectivity index (χ4v) is 3.96. The maximum absolute atomic E-state index is 13.1. The summed E-state index contributed by atoms with van der Waals surface area (Å²) in [6.45, 7) is 3.58. The standard InChI is InChI=1S/C20H17BrF3N5/c1-10(12-5-4-6-13(7-12)20(22,23)24)26-19-17-15(21)8-16-14(9-25-29(16)3)18(17)27-11(2)28-19/h4-10H,1-3H3,(H,26,27,28)/t10-/m1/s1. The van der Waals surface area contributed by atoms with Crippen LogP contribution in [-0.2, 0) is 13.2 Å². The van der Waals surface area contributed by atoms with Crippen molar-refractivity contribution in [2.24, 2.45) is 7.05 Å². The van der Waals surface area contributed by atoms with E-state index in [4.69, 9.17) is 0 Å². The number of fused-ring (bicyclic) bond motifs is 3. The van der Waals surface area contributed by atoms with Crippen LogP contribution in [0.5, 0.6) is 0 Å². The summed E-state index contributed by atoms with van der Waals surface area (Å²) in [5, 5.41) is 9.19. The molecule has 5 nitrogen and oxygen atoms in total. The van der Waals surface area contributed by atoms with Crippen LogP contribution in [0.3, 0.4) is 0 Å². The van der Waals surface area contributed by atoms with Crippen molar-refractivity contribution < 1.29 is 13.2 Å². The summed E-state index contributed by atoms with van der Waals surface area (Å²) in [6.07, 6.45) is -2.64. The van der Waals surface area contributed by atoms with Crippen LogP contribution in [0.4, 0.5) is 19.0 Å². The van der Waals surface area contributed by atoms with Crippen molar-refractivity contribution in [3.8, 4) is 0 Å². The van der Waals surface area contributed by atoms with Crippen molar-refractivity contribution in [1.29, 1.82) is 0 Å². The SMILES string of the molecule is Cc1nc(N[C@H](C)c2cccc(C(F)(F)F)c2)c2c(Br)cc3c(cnn3C)c2n1. The third-order valence-corrected chi connectivity index (χ3v) is 5.46. The lowest BCUT2D eigenvalue weighted by molar-refractivity contribution is -0.137. The second kappa shape index (κ2) is 6.98. The van der Waals surface area contributed by atoms with E-state index < -0.39 is 17.8 Å². The molecule has 0 amide bonds. The van der Waals surface area contributed by atoms with Gasteiger partial charge in [-0.2, -0.15) is 18.3 Å². The molecule has 0 spiro atoms. The Bertz CT molecular complexity index is 1230. The highest BCUT2D eigenvalue weighted by molar-refractivity contribution is 9.10. The minimum atomic E-state index is -4.39. The molecule has 9 heteroatoms. The first-order valence-corrected chi connectivity index (χ1v) is 9.66. The molecular weight excluding hydrogens is 447 g/mol. The Kier molecular flexibility index (Phi) is 4.72. The molecule has 0 unspecified atom stereocenters. The van der Waals surface area contributed by atoms with E-state index in [1.807, 2.05) is 13.1 Å². The summed E-state index contributed by atoms with van der Waals surface area (Å²) in [5.41, 5.74) is 1.49. The number of aromatic nitrogens is 4. The first kappa shape index (κ1) is 19.6. The third-order valence-electron chi connectivity index (χ3n) is 4.83. The number of aryl methyl sites for hydroxylation is 2. The van der Waals surface area contributed by atoms with Crippen LogP contribution < -0.4 is 5.32 Å². The number of anilines is 1. The van der Waals surface area contributed by atoms with Crippen molar-refractivity contribution in [3.63, 3.8) is 0 Å². The quantitative estimate of drug-likeness (QED) is 0.418. The van der Waals surface area contributed by atoms with Crippen molar-refractivity contribution >= 4 is 43.6 Å². The number of hydrogen-bond acceptors (Lipinski definition) is 4. The van der Waals surface area contributed by atoms with E-state index in [9.17, 15) is 13.2 Å². The lowest BCUT2D eigenvalue weighted by Gasteiger charge is -2.19. The summed E-state index contributed by atoms with van der Waals surface area (Å²) in [4.78, 5) is 9.09. The molecule has 0 saturated heterocycles. The van der Waals surface area contributed by atoms with Crippen molar-refractivity contribution in [1.82, 2.24) is 19.7 Å². The van der Waals surface area contributed by atoms with Crippen molar-refractivity contribution in [3.05, 3.63) is 58.0 Å². The molecule has 0 aliphatic carbocycles. The molecule has 1 atom stereocenters. The molecule has 2 aromatic carbocycles. The molecule has 2 heterocycles. The number of hydrogen-bond donors (Lipinski definition) is 1. The molecule has 0 aliphatic heterocycles. The Morgan fingerprint density at radius 2 is 1.93 bits per heavy atom. The van der Waals surface area contributed by atoms with Gasteiger partial charge in [0.05, 0.1) is 28.2 Å². The van der Waals surface area contributed by atoms with Crippen molar-refractivity contribution in [2.45, 2.75) is 26.1 Å². The van der Waals surface area contributed by atoms with Gasteiger partial charge in [0.25, 0.3) is 0 Å². The van der Waals surface area contributed by atoms with E-state index in [2.05, 4.69) is 36.3 Å². The topological polar surface area (TPSA) is 55.6 Å². The predicted molar refractivity (Wildman–Crippen MR) is 110 cm³/mol. The van der Waals surface area contributed by atoms with Gasteiger partial charge < -0.3 is 5.32 Å². The maximum atomic E-state index is 13.1. The summed E-state index contributed by atoms with van der Waals surface area (Å²) in [5.74, 6) is 1.11. The van der Waals surface area contributed by atoms with Crippen LogP contribution in [0.2, 0.25) is 0 Å². The average molecular weight is 464 g/mol. The molecule has 0 radical (unpaired) electrons. The fraction of sp³-hybridized carbons (Fsp3) is 0.250. The van der Waals surface area contributed by atoms with Gasteiger partial charge in [-0.1, -0.05) is 12.1 Å². The molecule has 0 aliphatic rings. The van der Waals surface area contributed by atoms with Crippen LogP contribution >= 0.6 is 15.9 Å². The minimum Gasteiger partial charge on any atom is -0.363 e. The zero-order chi connectivity index (χ0) is 20.9. The molecule has 0 bridgehead atoms. The lowest BCUT2D eigenvalue weighted by Crippen LogP contribution is -2.12. The van der Waals surface area contributed by atoms with Crippen molar-refractivity contribution in [2.75, 3.05) is 5.32 Å². The van der Waals surface area contributed by atoms with Gasteiger partial charge in [-0.25, -0.2) is 9.97 Å². The van der Waals surface area contributed by atoms with E-state index in [0.29, 0.717) is 17.2 Å². The zero-order valence-electron chi connectivity index (χ0n) is 15.8. The number of benzene rings is 2. The molecule has 0 fully saturated rings. The minimum absolute atomic E-state index is 0.397. The van der Waals surface area contributed by atoms with Gasteiger partial charge in [0, 0.05) is 22.9 Å². The van der Waals surface area contributed by atoms with Crippen LogP contribution in [0.25, 0.3) is 21.8 Å². The Morgan fingerprint density at radius 1 is 1.17 bits per heavy atom. The molecule has 29 heavy (non-hydrogen) atoms. The van der Waals surface area contributed by atoms with Gasteiger partial charge in [-0.15, -0.1) is 0 Å². The number of halogens is 4. The van der Waals surface area contributed by atoms with Crippen LogP contribution in [0.1, 0.15) is 29.9 Å². The monoisotopic (exact) mass is 463 g/mol. The van der Waals surface area contributed by atoms with Crippen LogP contribution in [-0.4, -0.2) is 19.7 Å². The van der Waals surface area contributed by atoms with E-state index in [1.54, 1.807) is 30.8 Å². The number of alkyl halides is 3. The van der Waals surface area contributed by atoms with Gasteiger partial charge in [-0.3, -0.25) is 4.68 Å². The summed E-state index contributed by atoms with van der Waals surface area (Å²) in [7, 11) is 1.85. The second-order valence-electron chi connectivity index (χ2n) is 6.89. The van der Waals surface area contributed by atoms with Gasteiger partial charge in [-0.05, 0) is 53.5 Å². The Hall–Kier alpha value is -2.68. The molecule has 1 N–H and O–H groups in total. The highest BCUT2D eigenvalue weighted by atomic mass is 79.9. The second-order valence-corrected chi connectivity index (χ2v) is 7.75. The van der Waals surface area contributed by atoms with Gasteiger partial charge >= 0.3 is 6.18 Å². The normalized spacial score (nSPS) is 13.2. The van der Waals surface area contributed by atoms with Crippen LogP contribution in [0, 0.1) is 6.92 Å². The molecule has 0 saturated carbocycles. The number of rotatable bonds is 3. The molecule has 4 rings (SSSR count). The van der Waals surface area contributed by atoms with E-state index >= 15 is 0 Å². The Morgan fingerprint density at radius 3 is 2.66 bits per heavy atom. The molecule has 2 aromatic heterocycles. The van der Waals surface area contributed by atoms with E-state index in [1.165, 1.54) is 6.07 Å². The number of nitrogens with zero attached hydrogens (tertiary/aromatic N) is 4. The Labute approximate surface area is 173 Å². The summed E-state index contributed by atoms with van der Waals surface area (Å²) >= 11 is 3.59. The molecule has 150 valence electrons. The highest BCUT2D eigenvalue weighted by Crippen LogP contribution is 2.36. The third kappa shape index (κ3) is 3.55. The highest BCUT2D eigenvalue weighted by Gasteiger charge is 2.30. The lowest BCUT2D eigenvalue weighted by atomic mass is 10.0. The predicted octanol–water partition coefficient (Wildman–Crippen LogP) is 5.78. The van der Waals surface area contributed by atoms with E-state index in [-0.39, 0.29) is 0 Å². The van der Waals surface area contributed by atoms with Gasteiger partial charge in [0.1, 0.15) is 11.6 Å². The smallest absolute Gasteiger partial charge is 0.363 e. The summed E-state index contributed by atoms with van der Waals surface area (Å²) in [6, 6.07) is 6.83. The zero-order valence-corrected chi connectivity index (χ0v) is 17.4. The molecular formula is C20H17BrF3N5. The first-order valence-electron chi connectivity index (χ1n) is 8.87. The van der Waals surface area contributed by atoms with E-state index in [0.717, 1.165) is 38.4 Å². The number of nitrogens with one attached hydrogen (secondary N) is 1. The molecule has 4 aromatic rings. The average Bonchev–Trinajstić information content (AvgIpc) is 3.02. The van der Waals surface area contributed by atoms with Gasteiger partial charge in [0.15, 0.2) is 0 Å². The largest absolute Gasteiger partial charge is 0.416 e. The first-order chi connectivity index (χ1) is 13.6. The fourth-order valence-electron chi connectivity index (χ4n) is 3.36. The van der Waals surface area contributed by atoms with Crippen LogP contribution in [0.15, 0.2) is 41.0 Å². The Balaban J connectivity index is 1.81. The maximum Gasteiger partial charge on any atom is 0.416 e. The van der Waals surface area contributed by atoms with Gasteiger partial charge in [0.2, 0.25) is 0 Å².